The summed E-state index contributed by atoms with van der Waals surface area (Å²) in [5, 5.41) is 3.33. The van der Waals surface area contributed by atoms with Crippen molar-refractivity contribution in [2.24, 2.45) is 16.2 Å². The van der Waals surface area contributed by atoms with Gasteiger partial charge in [0.15, 0.2) is 5.82 Å². The fraction of sp³-hybridized carbons (Fsp3) is 0.556. The number of nitrogens with zero attached hydrogens (tertiary/aromatic N) is 2. The van der Waals surface area contributed by atoms with Crippen LogP contribution >= 0.6 is 23.2 Å². The molecule has 26 heavy (non-hydrogen) atoms. The molecular weight excluding hydrogens is 377 g/mol. The standard InChI is InChI=1S/C18H21Cl2N3O3/c1-16(13(24)22-12-11(20)5-10(19)6-21-12)7-17(2)9-18(3,8-16)15(26)23(4)14(17)25/h5-6H,7-9H2,1-4H3,(H,21,22,24). The van der Waals surface area contributed by atoms with E-state index in [1.54, 1.807) is 6.92 Å². The van der Waals surface area contributed by atoms with Gasteiger partial charge < -0.3 is 5.32 Å². The number of nitrogens with one attached hydrogen (secondary N) is 1. The molecule has 1 aliphatic heterocycles. The number of anilines is 1. The van der Waals surface area contributed by atoms with Crippen molar-refractivity contribution in [2.45, 2.75) is 40.0 Å². The predicted molar refractivity (Wildman–Crippen MR) is 98.8 cm³/mol. The van der Waals surface area contributed by atoms with Crippen LogP contribution in [0.1, 0.15) is 40.0 Å². The molecule has 3 rings (SSSR count). The largest absolute Gasteiger partial charge is 0.309 e. The monoisotopic (exact) mass is 397 g/mol. The topological polar surface area (TPSA) is 79.4 Å². The van der Waals surface area contributed by atoms with Crippen molar-refractivity contribution in [1.82, 2.24) is 9.88 Å². The summed E-state index contributed by atoms with van der Waals surface area (Å²) in [6, 6.07) is 1.49. The van der Waals surface area contributed by atoms with Crippen molar-refractivity contribution in [3.8, 4) is 0 Å². The van der Waals surface area contributed by atoms with Gasteiger partial charge in [-0.1, -0.05) is 44.0 Å². The van der Waals surface area contributed by atoms with E-state index in [2.05, 4.69) is 10.3 Å². The molecule has 0 aromatic carbocycles. The molecule has 2 atom stereocenters. The average molecular weight is 398 g/mol. The summed E-state index contributed by atoms with van der Waals surface area (Å²) in [6.07, 6.45) is 2.54. The Morgan fingerprint density at radius 3 is 2.15 bits per heavy atom. The third kappa shape index (κ3) is 2.89. The second-order valence-electron chi connectivity index (χ2n) is 8.32. The van der Waals surface area contributed by atoms with E-state index in [9.17, 15) is 14.4 Å². The second-order valence-corrected chi connectivity index (χ2v) is 9.16. The Balaban J connectivity index is 1.93. The Morgan fingerprint density at radius 1 is 1.12 bits per heavy atom. The minimum Gasteiger partial charge on any atom is -0.309 e. The maximum Gasteiger partial charge on any atom is 0.234 e. The van der Waals surface area contributed by atoms with Gasteiger partial charge in [-0.25, -0.2) is 4.98 Å². The van der Waals surface area contributed by atoms with E-state index in [1.165, 1.54) is 24.2 Å². The Morgan fingerprint density at radius 2 is 1.65 bits per heavy atom. The molecule has 0 radical (unpaired) electrons. The lowest BCUT2D eigenvalue weighted by Gasteiger charge is -2.55. The van der Waals surface area contributed by atoms with Crippen LogP contribution in [-0.2, 0) is 14.4 Å². The molecule has 140 valence electrons. The Kier molecular flexibility index (Phi) is 4.36. The number of likely N-dealkylation sites (tertiary alicyclic amines) is 1. The van der Waals surface area contributed by atoms with Crippen LogP contribution in [-0.4, -0.2) is 34.7 Å². The first-order valence-corrected chi connectivity index (χ1v) is 9.11. The molecule has 0 spiro atoms. The first-order chi connectivity index (χ1) is 11.9. The number of piperidine rings is 1. The summed E-state index contributed by atoms with van der Waals surface area (Å²) in [6.45, 7) is 5.44. The summed E-state index contributed by atoms with van der Waals surface area (Å²) >= 11 is 11.9. The number of halogens is 2. The second kappa shape index (κ2) is 5.92. The quantitative estimate of drug-likeness (QED) is 0.773. The van der Waals surface area contributed by atoms with Crippen molar-refractivity contribution in [3.63, 3.8) is 0 Å². The lowest BCUT2D eigenvalue weighted by Crippen LogP contribution is -2.63. The highest BCUT2D eigenvalue weighted by Crippen LogP contribution is 2.58. The first-order valence-electron chi connectivity index (χ1n) is 8.35. The highest BCUT2D eigenvalue weighted by molar-refractivity contribution is 6.36. The van der Waals surface area contributed by atoms with Gasteiger partial charge in [0.05, 0.1) is 10.0 Å². The van der Waals surface area contributed by atoms with Gasteiger partial charge in [-0.3, -0.25) is 19.3 Å². The number of carbonyl (C=O) groups is 3. The van der Waals surface area contributed by atoms with Crippen LogP contribution in [0.2, 0.25) is 10.0 Å². The third-order valence-corrected chi connectivity index (χ3v) is 6.07. The molecule has 1 saturated carbocycles. The van der Waals surface area contributed by atoms with E-state index in [0.717, 1.165) is 0 Å². The van der Waals surface area contributed by atoms with Crippen LogP contribution in [0.25, 0.3) is 0 Å². The smallest absolute Gasteiger partial charge is 0.234 e. The van der Waals surface area contributed by atoms with Crippen molar-refractivity contribution < 1.29 is 14.4 Å². The van der Waals surface area contributed by atoms with E-state index in [-0.39, 0.29) is 28.6 Å². The van der Waals surface area contributed by atoms with Gasteiger partial charge >= 0.3 is 0 Å². The number of hydrogen-bond acceptors (Lipinski definition) is 4. The number of fused-ring (bicyclic) bond motifs is 2. The number of rotatable bonds is 2. The normalized spacial score (nSPS) is 34.0. The summed E-state index contributed by atoms with van der Waals surface area (Å²) in [5.41, 5.74) is -2.43. The minimum absolute atomic E-state index is 0.211. The number of imide groups is 1. The molecule has 2 aliphatic rings. The summed E-state index contributed by atoms with van der Waals surface area (Å²) in [5.74, 6) is -0.567. The molecule has 1 N–H and O–H groups in total. The maximum absolute atomic E-state index is 13.1. The van der Waals surface area contributed by atoms with Crippen molar-refractivity contribution in [1.29, 1.82) is 0 Å². The maximum atomic E-state index is 13.1. The summed E-state index contributed by atoms with van der Waals surface area (Å²) < 4.78 is 0. The minimum atomic E-state index is -0.904. The van der Waals surface area contributed by atoms with Gasteiger partial charge in [0.2, 0.25) is 17.7 Å². The molecular formula is C18H21Cl2N3O3. The van der Waals surface area contributed by atoms with Crippen molar-refractivity contribution in [2.75, 3.05) is 12.4 Å². The third-order valence-electron chi connectivity index (χ3n) is 5.57. The molecule has 1 aliphatic carbocycles. The highest BCUT2D eigenvalue weighted by atomic mass is 35.5. The van der Waals surface area contributed by atoms with Gasteiger partial charge in [-0.15, -0.1) is 0 Å². The molecule has 1 saturated heterocycles. The number of amides is 3. The Bertz CT molecular complexity index is 798. The zero-order chi connectivity index (χ0) is 19.5. The SMILES string of the molecule is CN1C(=O)C2(C)CC(C)(C(=O)Nc3ncc(Cl)cc3Cl)CC(C)(C2)C1=O. The molecule has 1 aromatic rings. The predicted octanol–water partition coefficient (Wildman–Crippen LogP) is 3.53. The van der Waals surface area contributed by atoms with E-state index in [4.69, 9.17) is 23.2 Å². The molecule has 2 fully saturated rings. The van der Waals surface area contributed by atoms with Crippen LogP contribution < -0.4 is 5.32 Å². The van der Waals surface area contributed by atoms with Crippen molar-refractivity contribution >= 4 is 46.7 Å². The van der Waals surface area contributed by atoms with Crippen molar-refractivity contribution in [3.05, 3.63) is 22.3 Å². The molecule has 8 heteroatoms. The van der Waals surface area contributed by atoms with Gasteiger partial charge in [0, 0.05) is 29.5 Å². The Labute approximate surface area is 162 Å². The molecule has 6 nitrogen and oxygen atoms in total. The van der Waals surface area contributed by atoms with E-state index < -0.39 is 16.2 Å². The first kappa shape index (κ1) is 19.1. The van der Waals surface area contributed by atoms with Crippen LogP contribution in [0.3, 0.4) is 0 Å². The Hall–Kier alpha value is -1.66. The van der Waals surface area contributed by atoms with Crippen LogP contribution in [0.4, 0.5) is 5.82 Å². The van der Waals surface area contributed by atoms with Crippen LogP contribution in [0.5, 0.6) is 0 Å². The summed E-state index contributed by atoms with van der Waals surface area (Å²) in [4.78, 5) is 43.7. The van der Waals surface area contributed by atoms with Gasteiger partial charge in [0.1, 0.15) is 0 Å². The molecule has 3 amide bonds. The zero-order valence-electron chi connectivity index (χ0n) is 15.2. The lowest BCUT2D eigenvalue weighted by molar-refractivity contribution is -0.177. The molecule has 2 unspecified atom stereocenters. The number of aromatic nitrogens is 1. The molecule has 2 heterocycles. The van der Waals surface area contributed by atoms with E-state index in [1.807, 2.05) is 13.8 Å². The lowest BCUT2D eigenvalue weighted by atomic mass is 9.51. The van der Waals surface area contributed by atoms with Crippen LogP contribution in [0.15, 0.2) is 12.3 Å². The summed E-state index contributed by atoms with van der Waals surface area (Å²) in [7, 11) is 1.51. The fourth-order valence-electron chi connectivity index (χ4n) is 4.90. The van der Waals surface area contributed by atoms with Crippen LogP contribution in [0, 0.1) is 16.2 Å². The van der Waals surface area contributed by atoms with E-state index >= 15 is 0 Å². The van der Waals surface area contributed by atoms with Gasteiger partial charge in [-0.2, -0.15) is 0 Å². The molecule has 1 aromatic heterocycles. The van der Waals surface area contributed by atoms with Gasteiger partial charge in [0.25, 0.3) is 0 Å². The van der Waals surface area contributed by atoms with Gasteiger partial charge in [-0.05, 0) is 25.3 Å². The highest BCUT2D eigenvalue weighted by Gasteiger charge is 2.62. The number of pyridine rings is 1. The number of carbonyl (C=O) groups excluding carboxylic acids is 3. The zero-order valence-corrected chi connectivity index (χ0v) is 16.7. The fourth-order valence-corrected chi connectivity index (χ4v) is 5.33. The number of hydrogen-bond donors (Lipinski definition) is 1. The average Bonchev–Trinajstić information content (AvgIpc) is 2.53. The van der Waals surface area contributed by atoms with E-state index in [0.29, 0.717) is 24.3 Å². The molecule has 2 bridgehead atoms.